The predicted molar refractivity (Wildman–Crippen MR) is 104 cm³/mol. The zero-order valence-corrected chi connectivity index (χ0v) is 15.8. The summed E-state index contributed by atoms with van der Waals surface area (Å²) in [5, 5.41) is 12.1. The van der Waals surface area contributed by atoms with Gasteiger partial charge in [0.15, 0.2) is 0 Å². The molecule has 4 rings (SSSR count). The quantitative estimate of drug-likeness (QED) is 0.735. The van der Waals surface area contributed by atoms with Gasteiger partial charge in [-0.05, 0) is 24.0 Å². The highest BCUT2D eigenvalue weighted by Gasteiger charge is 2.26. The highest BCUT2D eigenvalue weighted by atomic mass is 35.5. The number of nitrogens with zero attached hydrogens (tertiary/aromatic N) is 4. The van der Waals surface area contributed by atoms with Crippen molar-refractivity contribution in [2.24, 2.45) is 0 Å². The molecule has 2 aromatic heterocycles. The molecule has 0 aliphatic carbocycles. The molecule has 7 heteroatoms. The molecule has 1 aromatic carbocycles. The average molecular weight is 384 g/mol. The number of carbonyl (C=O) groups excluding carboxylic acids is 1. The van der Waals surface area contributed by atoms with Crippen molar-refractivity contribution in [1.82, 2.24) is 24.9 Å². The van der Waals surface area contributed by atoms with Gasteiger partial charge >= 0.3 is 0 Å². The molecule has 0 unspecified atom stereocenters. The maximum Gasteiger partial charge on any atom is 0.244 e. The number of likely N-dealkylation sites (tertiary alicyclic amines) is 1. The first kappa shape index (κ1) is 17.8. The van der Waals surface area contributed by atoms with Crippen LogP contribution >= 0.6 is 11.6 Å². The highest BCUT2D eigenvalue weighted by Crippen LogP contribution is 2.30. The fourth-order valence-electron chi connectivity index (χ4n) is 3.71. The van der Waals surface area contributed by atoms with Crippen LogP contribution in [0.3, 0.4) is 0 Å². The first-order valence-electron chi connectivity index (χ1n) is 9.21. The number of benzene rings is 1. The summed E-state index contributed by atoms with van der Waals surface area (Å²) >= 11 is 5.86. The third-order valence-corrected chi connectivity index (χ3v) is 5.34. The number of carbonyl (C=O) groups is 1. The van der Waals surface area contributed by atoms with Crippen LogP contribution in [0.25, 0.3) is 0 Å². The van der Waals surface area contributed by atoms with Crippen molar-refractivity contribution >= 4 is 17.5 Å². The zero-order chi connectivity index (χ0) is 18.6. The smallest absolute Gasteiger partial charge is 0.244 e. The molecule has 0 spiro atoms. The second-order valence-corrected chi connectivity index (χ2v) is 7.42. The normalized spacial score (nSPS) is 15.2. The lowest BCUT2D eigenvalue weighted by molar-refractivity contribution is -0.133. The fourth-order valence-corrected chi connectivity index (χ4v) is 3.87. The van der Waals surface area contributed by atoms with Gasteiger partial charge in [0.05, 0.1) is 17.4 Å². The molecule has 140 valence electrons. The molecule has 6 nitrogen and oxygen atoms in total. The average Bonchev–Trinajstić information content (AvgIpc) is 3.31. The van der Waals surface area contributed by atoms with Crippen LogP contribution in [0.2, 0.25) is 5.02 Å². The van der Waals surface area contributed by atoms with E-state index in [-0.39, 0.29) is 12.5 Å². The number of aromatic nitrogens is 4. The third kappa shape index (κ3) is 4.22. The number of hydrogen-bond donors (Lipinski definition) is 1. The topological polar surface area (TPSA) is 66.8 Å². The van der Waals surface area contributed by atoms with E-state index < -0.39 is 0 Å². The summed E-state index contributed by atoms with van der Waals surface area (Å²) in [6.45, 7) is 1.74. The van der Waals surface area contributed by atoms with Gasteiger partial charge in [0.1, 0.15) is 6.54 Å². The minimum absolute atomic E-state index is 0.0855. The molecule has 0 saturated carbocycles. The van der Waals surface area contributed by atoms with Crippen LogP contribution in [0, 0.1) is 0 Å². The number of piperidine rings is 1. The molecular formula is C20H22ClN5O. The van der Waals surface area contributed by atoms with E-state index in [9.17, 15) is 4.79 Å². The molecule has 0 bridgehead atoms. The maximum absolute atomic E-state index is 12.5. The van der Waals surface area contributed by atoms with Gasteiger partial charge in [-0.1, -0.05) is 41.9 Å². The van der Waals surface area contributed by atoms with Gasteiger partial charge in [-0.2, -0.15) is 10.2 Å². The first-order chi connectivity index (χ1) is 13.2. The molecular weight excluding hydrogens is 362 g/mol. The van der Waals surface area contributed by atoms with Crippen LogP contribution in [0.15, 0.2) is 48.9 Å². The van der Waals surface area contributed by atoms with E-state index in [0.717, 1.165) is 32.4 Å². The number of nitrogens with one attached hydrogen (secondary N) is 1. The number of hydrogen-bond acceptors (Lipinski definition) is 3. The summed E-state index contributed by atoms with van der Waals surface area (Å²) in [4.78, 5) is 14.4. The molecule has 3 aromatic rings. The summed E-state index contributed by atoms with van der Waals surface area (Å²) in [5.74, 6) is 0.497. The van der Waals surface area contributed by atoms with Crippen molar-refractivity contribution < 1.29 is 4.79 Å². The summed E-state index contributed by atoms with van der Waals surface area (Å²) in [6.07, 6.45) is 7.92. The molecule has 1 N–H and O–H groups in total. The molecule has 1 fully saturated rings. The van der Waals surface area contributed by atoms with Crippen molar-refractivity contribution in [1.29, 1.82) is 0 Å². The van der Waals surface area contributed by atoms with Crippen molar-refractivity contribution in [3.05, 3.63) is 70.8 Å². The molecule has 1 aliphatic heterocycles. The van der Waals surface area contributed by atoms with Gasteiger partial charge in [-0.3, -0.25) is 14.6 Å². The van der Waals surface area contributed by atoms with Crippen molar-refractivity contribution in [2.75, 3.05) is 13.1 Å². The van der Waals surface area contributed by atoms with Gasteiger partial charge < -0.3 is 4.90 Å². The van der Waals surface area contributed by atoms with E-state index in [2.05, 4.69) is 39.6 Å². The summed E-state index contributed by atoms with van der Waals surface area (Å²) in [7, 11) is 0. The maximum atomic E-state index is 12.5. The van der Waals surface area contributed by atoms with Crippen LogP contribution in [-0.4, -0.2) is 43.9 Å². The molecule has 1 amide bonds. The zero-order valence-electron chi connectivity index (χ0n) is 15.0. The van der Waals surface area contributed by atoms with E-state index in [1.807, 2.05) is 17.2 Å². The van der Waals surface area contributed by atoms with Crippen LogP contribution in [-0.2, 0) is 17.8 Å². The van der Waals surface area contributed by atoms with Gasteiger partial charge in [0.25, 0.3) is 0 Å². The van der Waals surface area contributed by atoms with Gasteiger partial charge in [-0.15, -0.1) is 0 Å². The molecule has 1 aliphatic rings. The molecule has 27 heavy (non-hydrogen) atoms. The fraction of sp³-hybridized carbons (Fsp3) is 0.350. The Labute approximate surface area is 163 Å². The van der Waals surface area contributed by atoms with E-state index in [1.54, 1.807) is 17.1 Å². The van der Waals surface area contributed by atoms with Gasteiger partial charge in [-0.25, -0.2) is 0 Å². The lowest BCUT2D eigenvalue weighted by atomic mass is 9.90. The number of H-pyrrole nitrogens is 1. The van der Waals surface area contributed by atoms with E-state index in [4.69, 9.17) is 11.6 Å². The second kappa shape index (κ2) is 7.96. The SMILES string of the molecule is O=C(Cn1cc(Cl)cn1)N1CCC(c2[nH]ncc2Cc2ccccc2)CC1. The summed E-state index contributed by atoms with van der Waals surface area (Å²) in [6, 6.07) is 10.4. The van der Waals surface area contributed by atoms with E-state index in [0.29, 0.717) is 10.9 Å². The summed E-state index contributed by atoms with van der Waals surface area (Å²) in [5.41, 5.74) is 3.74. The Morgan fingerprint density at radius 1 is 1.19 bits per heavy atom. The monoisotopic (exact) mass is 383 g/mol. The van der Waals surface area contributed by atoms with Crippen LogP contribution in [0.5, 0.6) is 0 Å². The minimum Gasteiger partial charge on any atom is -0.341 e. The summed E-state index contributed by atoms with van der Waals surface area (Å²) < 4.78 is 1.59. The standard InChI is InChI=1S/C20H22ClN5O/c21-18-12-23-26(13-18)14-19(27)25-8-6-16(7-9-25)20-17(11-22-24-20)10-15-4-2-1-3-5-15/h1-5,11-13,16H,6-10,14H2,(H,22,24). The van der Waals surface area contributed by atoms with Crippen molar-refractivity contribution in [2.45, 2.75) is 31.7 Å². The predicted octanol–water partition coefficient (Wildman–Crippen LogP) is 3.26. The van der Waals surface area contributed by atoms with Crippen LogP contribution in [0.1, 0.15) is 35.6 Å². The van der Waals surface area contributed by atoms with Gasteiger partial charge in [0, 0.05) is 37.3 Å². The van der Waals surface area contributed by atoms with E-state index >= 15 is 0 Å². The Morgan fingerprint density at radius 2 is 1.96 bits per heavy atom. The van der Waals surface area contributed by atoms with Crippen molar-refractivity contribution in [3.8, 4) is 0 Å². The number of aromatic amines is 1. The Kier molecular flexibility index (Phi) is 5.25. The largest absolute Gasteiger partial charge is 0.341 e. The molecule has 3 heterocycles. The minimum atomic E-state index is 0.0855. The Bertz CT molecular complexity index is 896. The number of halogens is 1. The Balaban J connectivity index is 1.35. The van der Waals surface area contributed by atoms with Crippen LogP contribution in [0.4, 0.5) is 0 Å². The number of rotatable bonds is 5. The van der Waals surface area contributed by atoms with Crippen LogP contribution < -0.4 is 0 Å². The second-order valence-electron chi connectivity index (χ2n) is 6.98. The molecule has 1 saturated heterocycles. The lowest BCUT2D eigenvalue weighted by Crippen LogP contribution is -2.40. The first-order valence-corrected chi connectivity index (χ1v) is 9.58. The Morgan fingerprint density at radius 3 is 2.67 bits per heavy atom. The van der Waals surface area contributed by atoms with Gasteiger partial charge in [0.2, 0.25) is 5.91 Å². The molecule has 0 atom stereocenters. The van der Waals surface area contributed by atoms with E-state index in [1.165, 1.54) is 16.8 Å². The lowest BCUT2D eigenvalue weighted by Gasteiger charge is -2.32. The number of amides is 1. The van der Waals surface area contributed by atoms with Crippen molar-refractivity contribution in [3.63, 3.8) is 0 Å². The molecule has 0 radical (unpaired) electrons. The Hall–Kier alpha value is -2.60. The third-order valence-electron chi connectivity index (χ3n) is 5.14. The highest BCUT2D eigenvalue weighted by molar-refractivity contribution is 6.30.